The lowest BCUT2D eigenvalue weighted by atomic mass is 9.78. The molecule has 16 nitrogen and oxygen atoms in total. The number of ketones is 3. The fraction of sp³-hybridized carbons (Fsp3) is 0.558. The average Bonchev–Trinajstić information content (AvgIpc) is 3.48. The van der Waals surface area contributed by atoms with Crippen LogP contribution in [0.5, 0.6) is 11.5 Å². The fourth-order valence-electron chi connectivity index (χ4n) is 8.22. The van der Waals surface area contributed by atoms with E-state index in [-0.39, 0.29) is 40.5 Å². The van der Waals surface area contributed by atoms with E-state index in [0.717, 1.165) is 0 Å². The van der Waals surface area contributed by atoms with Gasteiger partial charge < -0.3 is 44.7 Å². The number of Topliss-reactive ketones (excluding diaryl/α,β-unsaturated/α-hetero) is 3. The summed E-state index contributed by atoms with van der Waals surface area (Å²) in [6.45, 7) is 14.1. The Morgan fingerprint density at radius 2 is 1.59 bits per heavy atom. The number of nitrogens with one attached hydrogen (secondary N) is 1. The van der Waals surface area contributed by atoms with Crippen molar-refractivity contribution >= 4 is 29.5 Å². The summed E-state index contributed by atoms with van der Waals surface area (Å²) in [5.41, 5.74) is -1.77. The van der Waals surface area contributed by atoms with Crippen LogP contribution in [0.1, 0.15) is 78.2 Å². The van der Waals surface area contributed by atoms with E-state index in [1.807, 2.05) is 18.7 Å². The van der Waals surface area contributed by atoms with Gasteiger partial charge in [0.1, 0.15) is 17.2 Å². The molecule has 9 atom stereocenters. The van der Waals surface area contributed by atoms with Gasteiger partial charge in [-0.2, -0.15) is 5.10 Å². The molecule has 4 heterocycles. The summed E-state index contributed by atoms with van der Waals surface area (Å²) in [4.78, 5) is 59.3. The molecule has 16 heteroatoms. The molecule has 6 rings (SSSR count). The molecule has 5 bridgehead atoms. The molecule has 322 valence electrons. The lowest BCUT2D eigenvalue weighted by Gasteiger charge is -2.37. The number of piperazine rings is 1. The molecular weight excluding hydrogens is 764 g/mol. The first-order valence-corrected chi connectivity index (χ1v) is 19.9. The molecule has 1 aromatic rings. The molecule has 5 N–H and O–H groups in total. The van der Waals surface area contributed by atoms with E-state index in [2.05, 4.69) is 10.4 Å². The van der Waals surface area contributed by atoms with Crippen molar-refractivity contribution in [1.82, 2.24) is 15.2 Å². The maximum Gasteiger partial charge on any atom is 0.312 e. The Balaban J connectivity index is 1.64. The third kappa shape index (κ3) is 8.93. The number of aromatic hydroxyl groups is 1. The van der Waals surface area contributed by atoms with Crippen LogP contribution in [0.2, 0.25) is 0 Å². The summed E-state index contributed by atoms with van der Waals surface area (Å²) in [7, 11) is 3.01. The van der Waals surface area contributed by atoms with Gasteiger partial charge in [0.15, 0.2) is 5.78 Å². The zero-order valence-electron chi connectivity index (χ0n) is 35.2. The number of rotatable bonds is 6. The second-order valence-corrected chi connectivity index (χ2v) is 16.0. The Hall–Kier alpha value is -4.71. The maximum absolute atomic E-state index is 14.7. The quantitative estimate of drug-likeness (QED) is 0.261. The SMILES string of the molecule is CO[C@H]1[C@H](C)[C@H](O)[C@H](C)[C@@H](O)[C@@H](C)/C=C/C=C(/C)C(=O)NC2=C(/C=N/N3CCN(CCO)CC3)C(=O)c3c(c(O)c(C)c4c3C(=O)[C@@](C)(O/C=C/[C@H](OC)[C@H]1C)O4)C2=O. The summed E-state index contributed by atoms with van der Waals surface area (Å²) in [6, 6.07) is 0. The van der Waals surface area contributed by atoms with Crippen LogP contribution in [0, 0.1) is 30.6 Å². The van der Waals surface area contributed by atoms with E-state index in [4.69, 9.17) is 18.9 Å². The number of carbonyl (C=O) groups excluding carboxylic acids is 4. The van der Waals surface area contributed by atoms with Crippen molar-refractivity contribution in [2.45, 2.75) is 78.7 Å². The van der Waals surface area contributed by atoms with Gasteiger partial charge in [-0.3, -0.25) is 29.1 Å². The normalized spacial score (nSPS) is 33.4. The number of benzene rings is 1. The topological polar surface area (TPSA) is 217 Å². The standard InChI is InChI=1S/C43H58N4O12/c1-22-11-10-12-23(2)42(55)45-33-28(21-44-47-16-14-46(15-17-47)18-19-48)37(52)30-31(38(33)53)36(51)27(6)40-32(30)41(54)43(7,59-40)58-20-13-29(56-8)24(3)39(57-9)26(5)35(50)25(4)34(22)49/h10-13,20-22,24-26,29,34-35,39,48-51H,14-19H2,1-9H3,(H,45,55)/b11-10+,20-13+,23-12-,44-21+/t22-,24+,25+,26+,29-,34-,35+,39+,43-/m0/s1. The summed E-state index contributed by atoms with van der Waals surface area (Å²) in [6.07, 6.45) is 5.51. The number of hydrogen-bond acceptors (Lipinski definition) is 15. The van der Waals surface area contributed by atoms with Crippen molar-refractivity contribution in [2.75, 3.05) is 53.6 Å². The zero-order chi connectivity index (χ0) is 43.5. The fourth-order valence-corrected chi connectivity index (χ4v) is 8.22. The van der Waals surface area contributed by atoms with Crippen LogP contribution in [0.25, 0.3) is 0 Å². The van der Waals surface area contributed by atoms with Crippen LogP contribution in [-0.2, 0) is 19.0 Å². The number of phenolic OH excluding ortho intramolecular Hbond substituents is 1. The number of carbonyl (C=O) groups is 4. The minimum atomic E-state index is -2.05. The number of amides is 1. The number of methoxy groups -OCH3 is 2. The zero-order valence-corrected chi connectivity index (χ0v) is 35.2. The molecule has 0 unspecified atom stereocenters. The van der Waals surface area contributed by atoms with Gasteiger partial charge in [0, 0.05) is 88.7 Å². The van der Waals surface area contributed by atoms with Crippen LogP contribution >= 0.6 is 0 Å². The predicted octanol–water partition coefficient (Wildman–Crippen LogP) is 2.68. The molecule has 0 spiro atoms. The number of aliphatic hydroxyl groups excluding tert-OH is 3. The van der Waals surface area contributed by atoms with Gasteiger partial charge in [-0.25, -0.2) is 0 Å². The maximum atomic E-state index is 14.7. The number of allylic oxidation sites excluding steroid dienone is 4. The highest BCUT2D eigenvalue weighted by atomic mass is 16.7. The van der Waals surface area contributed by atoms with E-state index in [0.29, 0.717) is 32.7 Å². The summed E-state index contributed by atoms with van der Waals surface area (Å²) >= 11 is 0. The predicted molar refractivity (Wildman–Crippen MR) is 217 cm³/mol. The third-order valence-corrected chi connectivity index (χ3v) is 12.1. The number of phenols is 1. The van der Waals surface area contributed by atoms with Crippen LogP contribution in [0.3, 0.4) is 0 Å². The van der Waals surface area contributed by atoms with Crippen molar-refractivity contribution in [1.29, 1.82) is 0 Å². The van der Waals surface area contributed by atoms with E-state index in [9.17, 15) is 39.6 Å². The van der Waals surface area contributed by atoms with Crippen molar-refractivity contribution in [3.05, 3.63) is 69.7 Å². The van der Waals surface area contributed by atoms with Crippen LogP contribution in [0.15, 0.2) is 52.5 Å². The first-order chi connectivity index (χ1) is 27.9. The van der Waals surface area contributed by atoms with Crippen LogP contribution in [-0.4, -0.2) is 144 Å². The Morgan fingerprint density at radius 3 is 2.22 bits per heavy atom. The van der Waals surface area contributed by atoms with Gasteiger partial charge >= 0.3 is 5.79 Å². The number of ether oxygens (including phenoxy) is 4. The Bertz CT molecular complexity index is 1960. The van der Waals surface area contributed by atoms with E-state index in [1.165, 1.54) is 53.5 Å². The molecule has 1 amide bonds. The van der Waals surface area contributed by atoms with E-state index < -0.39 is 93.8 Å². The van der Waals surface area contributed by atoms with Crippen molar-refractivity contribution in [3.63, 3.8) is 0 Å². The number of nitrogens with zero attached hydrogens (tertiary/aromatic N) is 3. The monoisotopic (exact) mass is 822 g/mol. The van der Waals surface area contributed by atoms with Crippen molar-refractivity contribution < 1.29 is 58.6 Å². The number of aliphatic hydroxyl groups is 3. The third-order valence-electron chi connectivity index (χ3n) is 12.1. The average molecular weight is 823 g/mol. The summed E-state index contributed by atoms with van der Waals surface area (Å²) in [5.74, 6) is -8.03. The molecule has 1 fully saturated rings. The van der Waals surface area contributed by atoms with Crippen LogP contribution in [0.4, 0.5) is 0 Å². The van der Waals surface area contributed by atoms with Gasteiger partial charge in [-0.15, -0.1) is 0 Å². The van der Waals surface area contributed by atoms with Gasteiger partial charge in [-0.1, -0.05) is 45.9 Å². The van der Waals surface area contributed by atoms with Gasteiger partial charge in [0.25, 0.3) is 11.7 Å². The van der Waals surface area contributed by atoms with Crippen molar-refractivity contribution in [2.24, 2.45) is 28.8 Å². The number of fused-ring (bicyclic) bond motifs is 14. The number of hydrogen-bond donors (Lipinski definition) is 5. The van der Waals surface area contributed by atoms with E-state index in [1.54, 1.807) is 37.1 Å². The molecule has 4 aliphatic heterocycles. The molecule has 59 heavy (non-hydrogen) atoms. The summed E-state index contributed by atoms with van der Waals surface area (Å²) < 4.78 is 23.7. The largest absolute Gasteiger partial charge is 0.507 e. The highest BCUT2D eigenvalue weighted by Gasteiger charge is 2.52. The Kier molecular flexibility index (Phi) is 14.4. The lowest BCUT2D eigenvalue weighted by Crippen LogP contribution is -2.45. The highest BCUT2D eigenvalue weighted by Crippen LogP contribution is 2.48. The molecule has 1 aliphatic carbocycles. The minimum absolute atomic E-state index is 0.00365. The molecule has 0 aromatic heterocycles. The summed E-state index contributed by atoms with van der Waals surface area (Å²) in [5, 5.41) is 52.4. The minimum Gasteiger partial charge on any atom is -0.507 e. The molecule has 5 aliphatic rings. The smallest absolute Gasteiger partial charge is 0.312 e. The first kappa shape index (κ1) is 45.4. The number of hydrazone groups is 1. The molecule has 0 radical (unpaired) electrons. The van der Waals surface area contributed by atoms with Crippen molar-refractivity contribution in [3.8, 4) is 11.5 Å². The highest BCUT2D eigenvalue weighted by molar-refractivity contribution is 6.37. The van der Waals surface area contributed by atoms with E-state index >= 15 is 0 Å². The van der Waals surface area contributed by atoms with Gasteiger partial charge in [-0.05, 0) is 19.9 Å². The molecule has 1 aromatic carbocycles. The second kappa shape index (κ2) is 18.7. The Labute approximate surface area is 344 Å². The van der Waals surface area contributed by atoms with Gasteiger partial charge in [0.2, 0.25) is 5.78 Å². The Morgan fingerprint density at radius 1 is 0.915 bits per heavy atom. The lowest BCUT2D eigenvalue weighted by molar-refractivity contribution is -0.116. The molecular formula is C43H58N4O12. The number of β-amino-alcohol motifs (C(OH)–C–C–N with tert-alkyl or cyclic N) is 1. The second-order valence-electron chi connectivity index (χ2n) is 16.0. The first-order valence-electron chi connectivity index (χ1n) is 19.9. The van der Waals surface area contributed by atoms with Crippen LogP contribution < -0.4 is 10.1 Å². The van der Waals surface area contributed by atoms with Gasteiger partial charge in [0.05, 0.1) is 65.8 Å². The molecule has 1 saturated heterocycles. The molecule has 0 saturated carbocycles.